The predicted octanol–water partition coefficient (Wildman–Crippen LogP) is 3.84. The van der Waals surface area contributed by atoms with E-state index in [2.05, 4.69) is 32.0 Å². The van der Waals surface area contributed by atoms with Gasteiger partial charge in [0.1, 0.15) is 16.8 Å². The Morgan fingerprint density at radius 1 is 1.28 bits per heavy atom. The summed E-state index contributed by atoms with van der Waals surface area (Å²) in [5.74, 6) is 1.50. The molecule has 3 nitrogen and oxygen atoms in total. The molecule has 0 aliphatic heterocycles. The number of benzene rings is 1. The first-order valence-corrected chi connectivity index (χ1v) is 6.69. The molecule has 1 aromatic carbocycles. The van der Waals surface area contributed by atoms with Gasteiger partial charge in [0.25, 0.3) is 0 Å². The summed E-state index contributed by atoms with van der Waals surface area (Å²) in [6.45, 7) is 2.59. The Kier molecular flexibility index (Phi) is 4.19. The molecule has 0 N–H and O–H groups in total. The molecule has 0 unspecified atom stereocenters. The highest BCUT2D eigenvalue weighted by Crippen LogP contribution is 2.21. The number of halogens is 2. The lowest BCUT2D eigenvalue weighted by molar-refractivity contribution is 0.876. The summed E-state index contributed by atoms with van der Waals surface area (Å²) >= 11 is 9.48. The zero-order valence-electron chi connectivity index (χ0n) is 10.2. The molecular formula is C13H13BrClN3. The normalized spacial score (nSPS) is 10.4. The van der Waals surface area contributed by atoms with Crippen molar-refractivity contribution in [3.63, 3.8) is 0 Å². The van der Waals surface area contributed by atoms with Crippen LogP contribution in [-0.4, -0.2) is 17.0 Å². The minimum Gasteiger partial charge on any atom is -0.355 e. The van der Waals surface area contributed by atoms with Crippen molar-refractivity contribution in [2.24, 2.45) is 0 Å². The predicted molar refractivity (Wildman–Crippen MR) is 78.0 cm³/mol. The highest BCUT2D eigenvalue weighted by Gasteiger charge is 2.08. The van der Waals surface area contributed by atoms with Gasteiger partial charge in [-0.2, -0.15) is 0 Å². The lowest BCUT2D eigenvalue weighted by Crippen LogP contribution is -2.18. The Labute approximate surface area is 120 Å². The van der Waals surface area contributed by atoms with Crippen LogP contribution in [0.4, 0.5) is 5.82 Å². The van der Waals surface area contributed by atoms with E-state index in [0.717, 1.165) is 16.8 Å². The molecule has 0 aliphatic carbocycles. The van der Waals surface area contributed by atoms with Gasteiger partial charge in [-0.05, 0) is 18.6 Å². The average molecular weight is 327 g/mol. The number of hydrogen-bond acceptors (Lipinski definition) is 3. The molecule has 0 atom stereocenters. The molecule has 0 aliphatic rings. The first kappa shape index (κ1) is 13.3. The van der Waals surface area contributed by atoms with Crippen LogP contribution in [0.5, 0.6) is 0 Å². The van der Waals surface area contributed by atoms with Crippen LogP contribution in [0.25, 0.3) is 0 Å². The molecule has 94 valence electrons. The fraction of sp³-hybridized carbons (Fsp3) is 0.231. The summed E-state index contributed by atoms with van der Waals surface area (Å²) in [6, 6.07) is 9.90. The van der Waals surface area contributed by atoms with Crippen LogP contribution < -0.4 is 4.90 Å². The Hall–Kier alpha value is -1.13. The second kappa shape index (κ2) is 5.67. The van der Waals surface area contributed by atoms with Crippen LogP contribution in [0.2, 0.25) is 5.15 Å². The lowest BCUT2D eigenvalue weighted by Gasteiger charge is -2.19. The molecule has 0 amide bonds. The molecule has 0 radical (unpaired) electrons. The quantitative estimate of drug-likeness (QED) is 0.803. The van der Waals surface area contributed by atoms with E-state index in [-0.39, 0.29) is 0 Å². The fourth-order valence-electron chi connectivity index (χ4n) is 1.68. The Morgan fingerprint density at radius 2 is 2.00 bits per heavy atom. The first-order chi connectivity index (χ1) is 8.56. The van der Waals surface area contributed by atoms with Gasteiger partial charge < -0.3 is 4.90 Å². The number of aromatic nitrogens is 2. The van der Waals surface area contributed by atoms with Gasteiger partial charge in [0.15, 0.2) is 0 Å². The molecule has 18 heavy (non-hydrogen) atoms. The SMILES string of the molecule is Cc1nc(Cl)cc(N(C)Cc2ccccc2Br)n1. The van der Waals surface area contributed by atoms with Gasteiger partial charge in [-0.15, -0.1) is 0 Å². The third-order valence-electron chi connectivity index (χ3n) is 2.55. The van der Waals surface area contributed by atoms with Gasteiger partial charge in [0, 0.05) is 24.1 Å². The van der Waals surface area contributed by atoms with E-state index in [0.29, 0.717) is 11.0 Å². The summed E-state index contributed by atoms with van der Waals surface area (Å²) in [6.07, 6.45) is 0. The number of anilines is 1. The van der Waals surface area contributed by atoms with Crippen LogP contribution in [0.15, 0.2) is 34.8 Å². The minimum atomic E-state index is 0.469. The number of hydrogen-bond donors (Lipinski definition) is 0. The second-order valence-corrected chi connectivity index (χ2v) is 5.29. The molecule has 0 spiro atoms. The van der Waals surface area contributed by atoms with E-state index >= 15 is 0 Å². The second-order valence-electron chi connectivity index (χ2n) is 4.04. The molecule has 0 bridgehead atoms. The van der Waals surface area contributed by atoms with E-state index in [9.17, 15) is 0 Å². The maximum absolute atomic E-state index is 5.94. The highest BCUT2D eigenvalue weighted by molar-refractivity contribution is 9.10. The molecule has 2 rings (SSSR count). The first-order valence-electron chi connectivity index (χ1n) is 5.52. The summed E-state index contributed by atoms with van der Waals surface area (Å²) in [5, 5.41) is 0.469. The summed E-state index contributed by atoms with van der Waals surface area (Å²) in [7, 11) is 1.98. The van der Waals surface area contributed by atoms with Crippen LogP contribution in [0.1, 0.15) is 11.4 Å². The Balaban J connectivity index is 2.22. The molecule has 1 heterocycles. The van der Waals surface area contributed by atoms with Gasteiger partial charge in [0.05, 0.1) is 0 Å². The Morgan fingerprint density at radius 3 is 2.67 bits per heavy atom. The van der Waals surface area contributed by atoms with Crippen LogP contribution >= 0.6 is 27.5 Å². The summed E-state index contributed by atoms with van der Waals surface area (Å²) in [4.78, 5) is 10.5. The minimum absolute atomic E-state index is 0.469. The largest absolute Gasteiger partial charge is 0.355 e. The number of aryl methyl sites for hydroxylation is 1. The molecule has 0 saturated carbocycles. The summed E-state index contributed by atoms with van der Waals surface area (Å²) in [5.41, 5.74) is 1.20. The van der Waals surface area contributed by atoms with Gasteiger partial charge in [-0.25, -0.2) is 9.97 Å². The molecule has 0 saturated heterocycles. The third-order valence-corrected chi connectivity index (χ3v) is 3.52. The van der Waals surface area contributed by atoms with Crippen LogP contribution in [0.3, 0.4) is 0 Å². The highest BCUT2D eigenvalue weighted by atomic mass is 79.9. The number of nitrogens with zero attached hydrogens (tertiary/aromatic N) is 3. The van der Waals surface area contributed by atoms with Gasteiger partial charge in [0.2, 0.25) is 0 Å². The molecule has 2 aromatic rings. The van der Waals surface area contributed by atoms with Crippen molar-refractivity contribution >= 4 is 33.3 Å². The maximum Gasteiger partial charge on any atom is 0.134 e. The van der Waals surface area contributed by atoms with E-state index in [1.54, 1.807) is 6.07 Å². The van der Waals surface area contributed by atoms with Crippen molar-refractivity contribution in [3.8, 4) is 0 Å². The lowest BCUT2D eigenvalue weighted by atomic mass is 10.2. The van der Waals surface area contributed by atoms with Crippen molar-refractivity contribution in [2.45, 2.75) is 13.5 Å². The zero-order valence-corrected chi connectivity index (χ0v) is 12.5. The monoisotopic (exact) mass is 325 g/mol. The molecule has 5 heteroatoms. The van der Waals surface area contributed by atoms with E-state index < -0.39 is 0 Å². The molecule has 0 fully saturated rings. The van der Waals surface area contributed by atoms with Crippen LogP contribution in [-0.2, 0) is 6.54 Å². The maximum atomic E-state index is 5.94. The van der Waals surface area contributed by atoms with Crippen molar-refractivity contribution in [1.82, 2.24) is 9.97 Å². The zero-order chi connectivity index (χ0) is 13.1. The fourth-order valence-corrected chi connectivity index (χ4v) is 2.31. The topological polar surface area (TPSA) is 29.0 Å². The van der Waals surface area contributed by atoms with Gasteiger partial charge in [-0.1, -0.05) is 45.7 Å². The van der Waals surface area contributed by atoms with Gasteiger partial charge >= 0.3 is 0 Å². The van der Waals surface area contributed by atoms with E-state index in [1.165, 1.54) is 5.56 Å². The standard InChI is InChI=1S/C13H13BrClN3/c1-9-16-12(15)7-13(17-9)18(2)8-10-5-3-4-6-11(10)14/h3-7H,8H2,1-2H3. The number of rotatable bonds is 3. The van der Waals surface area contributed by atoms with Crippen molar-refractivity contribution in [1.29, 1.82) is 0 Å². The van der Waals surface area contributed by atoms with Crippen LogP contribution in [0, 0.1) is 6.92 Å². The Bertz CT molecular complexity index is 539. The smallest absolute Gasteiger partial charge is 0.134 e. The average Bonchev–Trinajstić information content (AvgIpc) is 2.31. The summed E-state index contributed by atoms with van der Waals surface area (Å²) < 4.78 is 1.09. The van der Waals surface area contributed by atoms with Gasteiger partial charge in [-0.3, -0.25) is 0 Å². The van der Waals surface area contributed by atoms with Crippen molar-refractivity contribution in [2.75, 3.05) is 11.9 Å². The van der Waals surface area contributed by atoms with Crippen molar-refractivity contribution < 1.29 is 0 Å². The van der Waals surface area contributed by atoms with Crippen molar-refractivity contribution in [3.05, 3.63) is 51.3 Å². The van der Waals surface area contributed by atoms with E-state index in [4.69, 9.17) is 11.6 Å². The van der Waals surface area contributed by atoms with E-state index in [1.807, 2.05) is 37.1 Å². The molecule has 1 aromatic heterocycles. The molecular weight excluding hydrogens is 314 g/mol. The third kappa shape index (κ3) is 3.21.